The van der Waals surface area contributed by atoms with Gasteiger partial charge in [0.2, 0.25) is 0 Å². The molecule has 2 fully saturated rings. The zero-order valence-corrected chi connectivity index (χ0v) is 32.0. The lowest BCUT2D eigenvalue weighted by Crippen LogP contribution is -2.40. The second-order valence-electron chi connectivity index (χ2n) is 14.4. The maximum atomic E-state index is 12.8. The average Bonchev–Trinajstić information content (AvgIpc) is 3.13. The van der Waals surface area contributed by atoms with E-state index in [1.54, 1.807) is 48.5 Å². The molecule has 0 radical (unpaired) electrons. The molecule has 0 aliphatic carbocycles. The molecule has 0 amide bonds. The van der Waals surface area contributed by atoms with Crippen molar-refractivity contribution in [2.75, 3.05) is 40.3 Å². The van der Waals surface area contributed by atoms with Gasteiger partial charge >= 0.3 is 0 Å². The number of nitrogens with zero attached hydrogens (tertiary/aromatic N) is 2. The first-order chi connectivity index (χ1) is 26.7. The highest BCUT2D eigenvalue weighted by atomic mass is 35.5. The monoisotopic (exact) mass is 802 g/mol. The Morgan fingerprint density at radius 3 is 1.32 bits per heavy atom. The first-order valence-corrected chi connectivity index (χ1v) is 18.8. The van der Waals surface area contributed by atoms with Crippen molar-refractivity contribution in [1.82, 2.24) is 9.80 Å². The number of aliphatic hydroxyl groups is 2. The minimum atomic E-state index is -0.744. The molecule has 2 saturated heterocycles. The molecule has 14 heteroatoms. The van der Waals surface area contributed by atoms with Gasteiger partial charge in [-0.05, 0) is 64.3 Å². The van der Waals surface area contributed by atoms with Crippen LogP contribution in [0.2, 0.25) is 10.0 Å². The summed E-state index contributed by atoms with van der Waals surface area (Å²) in [5, 5.41) is 63.6. The smallest absolute Gasteiger partial charge is 0.197 e. The van der Waals surface area contributed by atoms with Crippen LogP contribution in [-0.2, 0) is 0 Å². The van der Waals surface area contributed by atoms with Gasteiger partial charge in [-0.15, -0.1) is 0 Å². The van der Waals surface area contributed by atoms with Crippen LogP contribution in [0.1, 0.15) is 35.8 Å². The van der Waals surface area contributed by atoms with E-state index in [0.29, 0.717) is 58.2 Å². The summed E-state index contributed by atoms with van der Waals surface area (Å²) >= 11 is 12.5. The van der Waals surface area contributed by atoms with E-state index in [2.05, 4.69) is 0 Å². The molecule has 0 bridgehead atoms. The Labute approximate surface area is 330 Å². The first kappa shape index (κ1) is 39.2. The van der Waals surface area contributed by atoms with Gasteiger partial charge in [0.15, 0.2) is 10.9 Å². The van der Waals surface area contributed by atoms with Crippen LogP contribution < -0.4 is 10.9 Å². The van der Waals surface area contributed by atoms with Crippen LogP contribution in [0.3, 0.4) is 0 Å². The molecular weight excluding hydrogens is 763 g/mol. The van der Waals surface area contributed by atoms with E-state index in [0.717, 1.165) is 25.2 Å². The van der Waals surface area contributed by atoms with Gasteiger partial charge < -0.3 is 49.3 Å². The van der Waals surface area contributed by atoms with Crippen LogP contribution in [0.5, 0.6) is 23.0 Å². The number of rotatable bonds is 4. The molecule has 56 heavy (non-hydrogen) atoms. The fourth-order valence-electron chi connectivity index (χ4n) is 7.80. The van der Waals surface area contributed by atoms with Crippen LogP contribution in [0, 0.1) is 0 Å². The first-order valence-electron chi connectivity index (χ1n) is 18.0. The number of β-amino-alcohol motifs (C(OH)–C–C–N with tert-alkyl or cyclic N) is 2. The average molecular weight is 804 g/mol. The molecule has 12 nitrogen and oxygen atoms in total. The van der Waals surface area contributed by atoms with Crippen molar-refractivity contribution < 1.29 is 39.5 Å². The molecule has 0 saturated carbocycles. The maximum absolute atomic E-state index is 12.8. The Kier molecular flexibility index (Phi) is 11.1. The van der Waals surface area contributed by atoms with E-state index in [-0.39, 0.29) is 56.5 Å². The number of aliphatic hydroxyl groups excluding tert-OH is 2. The number of likely N-dealkylation sites (tertiary alicyclic amines) is 2. The van der Waals surface area contributed by atoms with E-state index in [1.807, 2.05) is 23.9 Å². The summed E-state index contributed by atoms with van der Waals surface area (Å²) in [6.07, 6.45) is -0.339. The molecule has 292 valence electrons. The number of phenols is 4. The minimum absolute atomic E-state index is 0.0188. The van der Waals surface area contributed by atoms with Gasteiger partial charge in [0.25, 0.3) is 0 Å². The second-order valence-corrected chi connectivity index (χ2v) is 15.2. The van der Waals surface area contributed by atoms with Gasteiger partial charge in [0.05, 0.1) is 22.3 Å². The highest BCUT2D eigenvalue weighted by Crippen LogP contribution is 2.44. The van der Waals surface area contributed by atoms with Crippen molar-refractivity contribution in [3.63, 3.8) is 0 Å². The molecule has 4 aromatic carbocycles. The molecule has 0 spiro atoms. The topological polar surface area (TPSA) is 188 Å². The number of likely N-dealkylation sites (N-methyl/N-ethyl adjacent to an activating group) is 2. The summed E-state index contributed by atoms with van der Waals surface area (Å²) in [5.41, 5.74) is 0.984. The van der Waals surface area contributed by atoms with Gasteiger partial charge in [0.1, 0.15) is 56.5 Å². The Bertz CT molecular complexity index is 2400. The lowest BCUT2D eigenvalue weighted by Gasteiger charge is -2.34. The molecular formula is C42H40Cl2N2O10. The van der Waals surface area contributed by atoms with E-state index < -0.39 is 34.9 Å². The van der Waals surface area contributed by atoms with Crippen LogP contribution in [0.4, 0.5) is 0 Å². The quantitative estimate of drug-likeness (QED) is 0.112. The fraction of sp³-hybridized carbons (Fsp3) is 0.286. The van der Waals surface area contributed by atoms with E-state index in [4.69, 9.17) is 32.0 Å². The third-order valence-electron chi connectivity index (χ3n) is 10.6. The highest BCUT2D eigenvalue weighted by Gasteiger charge is 2.34. The number of halogens is 2. The standard InChI is InChI=1S/2C21H20ClNO5/c2*1-23-7-6-12(17(27)10-23)19-14(24)8-15(25)20-16(26)9-18(28-21(19)20)11-4-2-3-5-13(11)22/h2*2-5,8-9,12,17,24-25,27H,6-7,10H2,1H3/t2*12?,17-/m11/s1. The normalized spacial score (nSPS) is 20.5. The summed E-state index contributed by atoms with van der Waals surface area (Å²) in [6, 6.07) is 18.7. The van der Waals surface area contributed by atoms with Crippen molar-refractivity contribution in [3.05, 3.63) is 114 Å². The van der Waals surface area contributed by atoms with Crippen LogP contribution in [0.25, 0.3) is 44.6 Å². The van der Waals surface area contributed by atoms with Gasteiger partial charge in [-0.25, -0.2) is 0 Å². The number of hydrogen-bond acceptors (Lipinski definition) is 12. The number of piperidine rings is 2. The van der Waals surface area contributed by atoms with Gasteiger partial charge in [-0.3, -0.25) is 9.59 Å². The lowest BCUT2D eigenvalue weighted by molar-refractivity contribution is 0.0629. The Hall–Kier alpha value is -5.08. The summed E-state index contributed by atoms with van der Waals surface area (Å²) < 4.78 is 12.0. The van der Waals surface area contributed by atoms with E-state index >= 15 is 0 Å². The van der Waals surface area contributed by atoms with E-state index in [1.165, 1.54) is 12.1 Å². The molecule has 4 heterocycles. The summed E-state index contributed by atoms with van der Waals surface area (Å²) in [4.78, 5) is 29.5. The van der Waals surface area contributed by atoms with Crippen molar-refractivity contribution in [2.24, 2.45) is 0 Å². The molecule has 6 aromatic rings. The Morgan fingerprint density at radius 2 is 0.964 bits per heavy atom. The van der Waals surface area contributed by atoms with Crippen LogP contribution in [-0.4, -0.2) is 92.9 Å². The van der Waals surface area contributed by atoms with Crippen molar-refractivity contribution in [2.45, 2.75) is 36.9 Å². The number of hydrogen-bond donors (Lipinski definition) is 6. The Morgan fingerprint density at radius 1 is 0.589 bits per heavy atom. The second kappa shape index (κ2) is 15.8. The van der Waals surface area contributed by atoms with Crippen molar-refractivity contribution in [1.29, 1.82) is 0 Å². The summed E-state index contributed by atoms with van der Waals surface area (Å²) in [5.74, 6) is -1.53. The predicted molar refractivity (Wildman–Crippen MR) is 214 cm³/mol. The fourth-order valence-corrected chi connectivity index (χ4v) is 8.26. The molecule has 2 aliphatic rings. The van der Waals surface area contributed by atoms with Crippen molar-refractivity contribution >= 4 is 45.1 Å². The van der Waals surface area contributed by atoms with Gasteiger partial charge in [-0.1, -0.05) is 47.5 Å². The number of phenolic OH excluding ortho intramolecular Hbond substituents is 4. The largest absolute Gasteiger partial charge is 0.507 e. The molecule has 6 N–H and O–H groups in total. The van der Waals surface area contributed by atoms with Crippen LogP contribution in [0.15, 0.2) is 91.2 Å². The SMILES string of the molecule is CN1CCC(c2c(O)cc(O)c3c(=O)cc(-c4ccccc4Cl)oc23)[C@H](O)C1.CN1CCC(c2c(O)cc(O)c3c(=O)cc(-c4ccccc4Cl)oc23)[C@H](O)C1. The van der Waals surface area contributed by atoms with Gasteiger partial charge in [0, 0.05) is 71.4 Å². The Balaban J connectivity index is 0.000000172. The zero-order chi connectivity index (χ0) is 40.0. The number of fused-ring (bicyclic) bond motifs is 2. The molecule has 8 rings (SSSR count). The van der Waals surface area contributed by atoms with Gasteiger partial charge in [-0.2, -0.15) is 0 Å². The molecule has 4 atom stereocenters. The van der Waals surface area contributed by atoms with E-state index in [9.17, 15) is 40.2 Å². The molecule has 2 unspecified atom stereocenters. The highest BCUT2D eigenvalue weighted by molar-refractivity contribution is 6.33. The molecule has 2 aromatic heterocycles. The lowest BCUT2D eigenvalue weighted by atomic mass is 9.85. The number of benzene rings is 4. The summed E-state index contributed by atoms with van der Waals surface area (Å²) in [6.45, 7) is 2.30. The maximum Gasteiger partial charge on any atom is 0.197 e. The summed E-state index contributed by atoms with van der Waals surface area (Å²) in [7, 11) is 3.81. The number of aromatic hydroxyl groups is 4. The minimum Gasteiger partial charge on any atom is -0.507 e. The third kappa shape index (κ3) is 7.43. The van der Waals surface area contributed by atoms with Crippen molar-refractivity contribution in [3.8, 4) is 45.6 Å². The predicted octanol–water partition coefficient (Wildman–Crippen LogP) is 6.61. The molecule has 2 aliphatic heterocycles. The van der Waals surface area contributed by atoms with Crippen LogP contribution >= 0.6 is 23.2 Å². The zero-order valence-electron chi connectivity index (χ0n) is 30.4. The third-order valence-corrected chi connectivity index (χ3v) is 11.2.